The third kappa shape index (κ3) is 4.49. The summed E-state index contributed by atoms with van der Waals surface area (Å²) in [4.78, 5) is 52.3. The van der Waals surface area contributed by atoms with Crippen molar-refractivity contribution in [2.24, 2.45) is 0 Å². The van der Waals surface area contributed by atoms with Gasteiger partial charge in [-0.05, 0) is 30.7 Å². The summed E-state index contributed by atoms with van der Waals surface area (Å²) in [7, 11) is 0. The Balaban J connectivity index is 1.28. The van der Waals surface area contributed by atoms with Crippen molar-refractivity contribution < 1.29 is 33.0 Å². The van der Waals surface area contributed by atoms with Gasteiger partial charge in [-0.2, -0.15) is 0 Å². The van der Waals surface area contributed by atoms with Crippen LogP contribution in [0.15, 0.2) is 36.4 Å². The van der Waals surface area contributed by atoms with Crippen molar-refractivity contribution in [3.8, 4) is 5.75 Å². The molecule has 0 radical (unpaired) electrons. The number of imide groups is 1. The maximum absolute atomic E-state index is 14.8. The van der Waals surface area contributed by atoms with Crippen LogP contribution >= 0.6 is 0 Å². The van der Waals surface area contributed by atoms with Crippen LogP contribution < -0.4 is 10.1 Å². The average molecular weight is 481 g/mol. The number of nitrogens with zero attached hydrogens (tertiary/aromatic N) is 2. The summed E-state index contributed by atoms with van der Waals surface area (Å²) >= 11 is 0. The highest BCUT2D eigenvalue weighted by Gasteiger charge is 2.40. The third-order valence-electron chi connectivity index (χ3n) is 6.52. The summed E-state index contributed by atoms with van der Waals surface area (Å²) in [5.41, 5.74) is 1.56. The van der Waals surface area contributed by atoms with Gasteiger partial charge >= 0.3 is 0 Å². The number of piperidine rings is 1. The molecule has 0 aliphatic carbocycles. The second-order valence-electron chi connectivity index (χ2n) is 8.68. The number of fused-ring (bicyclic) bond motifs is 1. The van der Waals surface area contributed by atoms with E-state index in [1.807, 2.05) is 0 Å². The number of benzene rings is 2. The molecule has 0 saturated carbocycles. The van der Waals surface area contributed by atoms with E-state index >= 15 is 0 Å². The van der Waals surface area contributed by atoms with E-state index in [4.69, 9.17) is 9.47 Å². The van der Waals surface area contributed by atoms with Crippen molar-refractivity contribution in [3.63, 3.8) is 0 Å². The molecule has 3 heterocycles. The van der Waals surface area contributed by atoms with Crippen LogP contribution in [0.25, 0.3) is 0 Å². The third-order valence-corrected chi connectivity index (χ3v) is 6.52. The molecule has 2 fully saturated rings. The number of carbonyl (C=O) groups is 4. The zero-order chi connectivity index (χ0) is 24.5. The zero-order valence-corrected chi connectivity index (χ0v) is 18.9. The van der Waals surface area contributed by atoms with Gasteiger partial charge in [-0.3, -0.25) is 24.5 Å². The highest BCUT2D eigenvalue weighted by molar-refractivity contribution is 6.05. The van der Waals surface area contributed by atoms with E-state index in [1.165, 1.54) is 17.0 Å². The van der Waals surface area contributed by atoms with Crippen molar-refractivity contribution in [1.29, 1.82) is 0 Å². The Morgan fingerprint density at radius 3 is 2.69 bits per heavy atom. The summed E-state index contributed by atoms with van der Waals surface area (Å²) in [5, 5.41) is 2.28. The van der Waals surface area contributed by atoms with Crippen molar-refractivity contribution >= 4 is 23.6 Å². The first kappa shape index (κ1) is 23.0. The van der Waals surface area contributed by atoms with E-state index in [-0.39, 0.29) is 54.8 Å². The first-order valence-electron chi connectivity index (χ1n) is 11.5. The molecule has 9 nitrogen and oxygen atoms in total. The summed E-state index contributed by atoms with van der Waals surface area (Å²) in [5.74, 6) is -1.53. The number of hydrogen-bond donors (Lipinski definition) is 1. The van der Waals surface area contributed by atoms with Gasteiger partial charge in [0.25, 0.3) is 11.8 Å². The molecule has 1 N–H and O–H groups in total. The van der Waals surface area contributed by atoms with Crippen molar-refractivity contribution in [2.45, 2.75) is 32.0 Å². The summed E-state index contributed by atoms with van der Waals surface area (Å²) in [6.45, 7) is 1.93. The first-order valence-corrected chi connectivity index (χ1v) is 11.5. The maximum atomic E-state index is 14.8. The number of amides is 4. The second kappa shape index (κ2) is 9.46. The molecule has 2 aromatic carbocycles. The molecular weight excluding hydrogens is 457 g/mol. The van der Waals surface area contributed by atoms with E-state index < -0.39 is 17.8 Å². The average Bonchev–Trinajstić information content (AvgIpc) is 3.20. The fraction of sp³-hybridized carbons (Fsp3) is 0.360. The summed E-state index contributed by atoms with van der Waals surface area (Å²) in [6, 6.07) is 8.59. The molecule has 3 aliphatic heterocycles. The predicted octanol–water partition coefficient (Wildman–Crippen LogP) is 1.64. The lowest BCUT2D eigenvalue weighted by Gasteiger charge is -2.29. The number of nitrogens with one attached hydrogen (secondary N) is 1. The number of rotatable bonds is 5. The highest BCUT2D eigenvalue weighted by Crippen LogP contribution is 2.34. The molecule has 0 bridgehead atoms. The van der Waals surface area contributed by atoms with E-state index in [9.17, 15) is 23.6 Å². The fourth-order valence-electron chi connectivity index (χ4n) is 4.59. The SMILES string of the molecule is O=C1CCC(N2Cc3c(OCc4ccc(C(=O)N5CCOCC5)cc4F)cccc3C2=O)C(=O)N1. The molecule has 182 valence electrons. The Kier molecular flexibility index (Phi) is 6.21. The quantitative estimate of drug-likeness (QED) is 0.651. The van der Waals surface area contributed by atoms with Crippen LogP contribution in [-0.4, -0.2) is 65.8 Å². The van der Waals surface area contributed by atoms with Crippen LogP contribution in [0.1, 0.15) is 44.7 Å². The molecule has 1 atom stereocenters. The Morgan fingerprint density at radius 2 is 1.94 bits per heavy atom. The molecule has 2 saturated heterocycles. The molecule has 1 unspecified atom stereocenters. The van der Waals surface area contributed by atoms with Crippen LogP contribution in [0.3, 0.4) is 0 Å². The van der Waals surface area contributed by atoms with Gasteiger partial charge < -0.3 is 19.3 Å². The maximum Gasteiger partial charge on any atom is 0.255 e. The minimum absolute atomic E-state index is 0.0963. The number of hydrogen-bond acceptors (Lipinski definition) is 6. The second-order valence-corrected chi connectivity index (χ2v) is 8.68. The van der Waals surface area contributed by atoms with Crippen LogP contribution in [0.2, 0.25) is 0 Å². The normalized spacial score (nSPS) is 20.0. The van der Waals surface area contributed by atoms with Crippen molar-refractivity contribution in [3.05, 3.63) is 64.5 Å². The predicted molar refractivity (Wildman–Crippen MR) is 120 cm³/mol. The minimum atomic E-state index is -0.727. The smallest absolute Gasteiger partial charge is 0.255 e. The lowest BCUT2D eigenvalue weighted by molar-refractivity contribution is -0.136. The summed E-state index contributed by atoms with van der Waals surface area (Å²) in [6.07, 6.45) is 0.435. The number of halogens is 1. The highest BCUT2D eigenvalue weighted by atomic mass is 19.1. The zero-order valence-electron chi connectivity index (χ0n) is 18.9. The van der Waals surface area contributed by atoms with Crippen LogP contribution in [0, 0.1) is 5.82 Å². The van der Waals surface area contributed by atoms with E-state index in [2.05, 4.69) is 5.32 Å². The topological polar surface area (TPSA) is 105 Å². The van der Waals surface area contributed by atoms with Gasteiger partial charge in [0.15, 0.2) is 0 Å². The lowest BCUT2D eigenvalue weighted by atomic mass is 10.0. The van der Waals surface area contributed by atoms with Crippen molar-refractivity contribution in [2.75, 3.05) is 26.3 Å². The van der Waals surface area contributed by atoms with Gasteiger partial charge in [-0.1, -0.05) is 12.1 Å². The Hall–Kier alpha value is -3.79. The molecule has 4 amide bonds. The molecule has 35 heavy (non-hydrogen) atoms. The Morgan fingerprint density at radius 1 is 1.14 bits per heavy atom. The van der Waals surface area contributed by atoms with Crippen molar-refractivity contribution in [1.82, 2.24) is 15.1 Å². The summed E-state index contributed by atoms with van der Waals surface area (Å²) < 4.78 is 25.9. The Bertz CT molecular complexity index is 1210. The number of carbonyl (C=O) groups excluding carboxylic acids is 4. The van der Waals surface area contributed by atoms with Gasteiger partial charge in [-0.15, -0.1) is 0 Å². The monoisotopic (exact) mass is 481 g/mol. The molecule has 2 aromatic rings. The first-order chi connectivity index (χ1) is 16.9. The molecule has 0 aromatic heterocycles. The number of morpholine rings is 1. The van der Waals surface area contributed by atoms with Crippen LogP contribution in [0.5, 0.6) is 5.75 Å². The van der Waals surface area contributed by atoms with Gasteiger partial charge in [0.1, 0.15) is 24.2 Å². The van der Waals surface area contributed by atoms with Gasteiger partial charge in [-0.25, -0.2) is 4.39 Å². The Labute approximate surface area is 200 Å². The molecular formula is C25H24FN3O6. The van der Waals surface area contributed by atoms with Gasteiger partial charge in [0.2, 0.25) is 11.8 Å². The minimum Gasteiger partial charge on any atom is -0.488 e. The van der Waals surface area contributed by atoms with Crippen LogP contribution in [0.4, 0.5) is 4.39 Å². The van der Waals surface area contributed by atoms with E-state index in [0.717, 1.165) is 0 Å². The molecule has 0 spiro atoms. The largest absolute Gasteiger partial charge is 0.488 e. The van der Waals surface area contributed by atoms with Gasteiger partial charge in [0, 0.05) is 41.8 Å². The lowest BCUT2D eigenvalue weighted by Crippen LogP contribution is -2.52. The number of ether oxygens (including phenoxy) is 2. The standard InChI is InChI=1S/C25H24FN3O6/c26-19-12-15(24(32)28-8-10-34-11-9-28)4-5-16(19)14-35-21-3-1-2-17-18(21)13-29(25(17)33)20-6-7-22(30)27-23(20)31/h1-5,12,20H,6-11,13-14H2,(H,27,30,31). The van der Waals surface area contributed by atoms with Gasteiger partial charge in [0.05, 0.1) is 19.8 Å². The van der Waals surface area contributed by atoms with Crippen LogP contribution in [-0.2, 0) is 27.5 Å². The van der Waals surface area contributed by atoms with E-state index in [0.29, 0.717) is 43.2 Å². The molecule has 5 rings (SSSR count). The fourth-order valence-corrected chi connectivity index (χ4v) is 4.59. The molecule has 10 heteroatoms. The molecule has 3 aliphatic rings. The van der Waals surface area contributed by atoms with E-state index in [1.54, 1.807) is 29.2 Å².